The van der Waals surface area contributed by atoms with Crippen molar-refractivity contribution in [2.45, 2.75) is 30.9 Å². The van der Waals surface area contributed by atoms with Gasteiger partial charge in [-0.25, -0.2) is 8.42 Å². The highest BCUT2D eigenvalue weighted by Gasteiger charge is 2.33. The van der Waals surface area contributed by atoms with E-state index in [1.54, 1.807) is 17.5 Å². The van der Waals surface area contributed by atoms with Gasteiger partial charge in [0.15, 0.2) is 0 Å². The van der Waals surface area contributed by atoms with Crippen LogP contribution >= 0.6 is 11.3 Å². The minimum atomic E-state index is -3.51. The van der Waals surface area contributed by atoms with Crippen molar-refractivity contribution in [1.29, 1.82) is 0 Å². The summed E-state index contributed by atoms with van der Waals surface area (Å²) in [6.07, 6.45) is 1.38. The van der Waals surface area contributed by atoms with Crippen LogP contribution in [0.15, 0.2) is 39.9 Å². The third-order valence-corrected chi connectivity index (χ3v) is 8.08. The number of amides is 1. The molecule has 2 aromatic rings. The SMILES string of the molecule is Cc1ccc(C)c(OCCNC(=O)[C@@H]2CCCN(S(=O)(=O)c3cccs3)C2)c1. The second kappa shape index (κ2) is 9.07. The number of nitrogens with zero attached hydrogens (tertiary/aromatic N) is 1. The molecule has 1 fully saturated rings. The van der Waals surface area contributed by atoms with Crippen LogP contribution in [-0.4, -0.2) is 44.9 Å². The van der Waals surface area contributed by atoms with Crippen molar-refractivity contribution in [1.82, 2.24) is 9.62 Å². The Balaban J connectivity index is 1.50. The first kappa shape index (κ1) is 20.8. The molecule has 1 aliphatic rings. The summed E-state index contributed by atoms with van der Waals surface area (Å²) >= 11 is 1.20. The van der Waals surface area contributed by atoms with Crippen LogP contribution in [-0.2, 0) is 14.8 Å². The molecule has 1 N–H and O–H groups in total. The Kier molecular flexibility index (Phi) is 6.74. The van der Waals surface area contributed by atoms with Gasteiger partial charge in [-0.3, -0.25) is 4.79 Å². The lowest BCUT2D eigenvalue weighted by Gasteiger charge is -2.30. The summed E-state index contributed by atoms with van der Waals surface area (Å²) < 4.78 is 32.9. The highest BCUT2D eigenvalue weighted by molar-refractivity contribution is 7.91. The number of benzene rings is 1. The van der Waals surface area contributed by atoms with E-state index in [0.717, 1.165) is 16.9 Å². The van der Waals surface area contributed by atoms with Crippen molar-refractivity contribution < 1.29 is 17.9 Å². The smallest absolute Gasteiger partial charge is 0.252 e. The molecule has 28 heavy (non-hydrogen) atoms. The van der Waals surface area contributed by atoms with E-state index < -0.39 is 10.0 Å². The van der Waals surface area contributed by atoms with Gasteiger partial charge in [-0.1, -0.05) is 18.2 Å². The summed E-state index contributed by atoms with van der Waals surface area (Å²) in [4.78, 5) is 12.5. The van der Waals surface area contributed by atoms with E-state index in [0.29, 0.717) is 36.7 Å². The molecule has 0 bridgehead atoms. The number of thiophene rings is 1. The van der Waals surface area contributed by atoms with Crippen molar-refractivity contribution in [3.63, 3.8) is 0 Å². The van der Waals surface area contributed by atoms with Gasteiger partial charge in [-0.15, -0.1) is 11.3 Å². The summed E-state index contributed by atoms with van der Waals surface area (Å²) in [6.45, 7) is 5.44. The minimum Gasteiger partial charge on any atom is -0.491 e. The van der Waals surface area contributed by atoms with Gasteiger partial charge < -0.3 is 10.1 Å². The first-order valence-electron chi connectivity index (χ1n) is 9.39. The monoisotopic (exact) mass is 422 g/mol. The number of hydrogen-bond donors (Lipinski definition) is 1. The van der Waals surface area contributed by atoms with Gasteiger partial charge in [-0.2, -0.15) is 4.31 Å². The lowest BCUT2D eigenvalue weighted by Crippen LogP contribution is -2.45. The van der Waals surface area contributed by atoms with Crippen molar-refractivity contribution in [2.24, 2.45) is 5.92 Å². The molecule has 0 saturated carbocycles. The predicted molar refractivity (Wildman–Crippen MR) is 110 cm³/mol. The molecule has 3 rings (SSSR count). The van der Waals surface area contributed by atoms with E-state index >= 15 is 0 Å². The van der Waals surface area contributed by atoms with Gasteiger partial charge in [0.1, 0.15) is 16.6 Å². The lowest BCUT2D eigenvalue weighted by atomic mass is 9.99. The number of carbonyl (C=O) groups is 1. The van der Waals surface area contributed by atoms with Crippen LogP contribution in [0.25, 0.3) is 0 Å². The number of piperidine rings is 1. The number of ether oxygens (including phenoxy) is 1. The predicted octanol–water partition coefficient (Wildman–Crippen LogP) is 2.96. The highest BCUT2D eigenvalue weighted by atomic mass is 32.2. The van der Waals surface area contributed by atoms with E-state index in [1.807, 2.05) is 32.0 Å². The quantitative estimate of drug-likeness (QED) is 0.696. The van der Waals surface area contributed by atoms with Crippen LogP contribution in [0.3, 0.4) is 0 Å². The first-order valence-corrected chi connectivity index (χ1v) is 11.7. The summed E-state index contributed by atoms with van der Waals surface area (Å²) in [5, 5.41) is 4.63. The molecule has 1 aliphatic heterocycles. The second-order valence-electron chi connectivity index (χ2n) is 7.04. The molecule has 1 saturated heterocycles. The molecule has 1 atom stereocenters. The summed E-state index contributed by atoms with van der Waals surface area (Å²) in [6, 6.07) is 9.35. The van der Waals surface area contributed by atoms with E-state index in [4.69, 9.17) is 4.74 Å². The zero-order valence-electron chi connectivity index (χ0n) is 16.2. The van der Waals surface area contributed by atoms with Gasteiger partial charge in [0.2, 0.25) is 5.91 Å². The van der Waals surface area contributed by atoms with Gasteiger partial charge in [0.25, 0.3) is 10.0 Å². The number of carbonyl (C=O) groups excluding carboxylic acids is 1. The summed E-state index contributed by atoms with van der Waals surface area (Å²) in [5.74, 6) is 0.375. The van der Waals surface area contributed by atoms with Crippen molar-refractivity contribution >= 4 is 27.3 Å². The van der Waals surface area contributed by atoms with Gasteiger partial charge in [0, 0.05) is 13.1 Å². The molecule has 0 spiro atoms. The molecule has 1 aromatic carbocycles. The van der Waals surface area contributed by atoms with Crippen LogP contribution < -0.4 is 10.1 Å². The van der Waals surface area contributed by atoms with Crippen LogP contribution in [0.2, 0.25) is 0 Å². The van der Waals surface area contributed by atoms with Gasteiger partial charge in [-0.05, 0) is 55.3 Å². The third-order valence-electron chi connectivity index (χ3n) is 4.85. The Morgan fingerprint density at radius 3 is 2.89 bits per heavy atom. The largest absolute Gasteiger partial charge is 0.491 e. The normalized spacial score (nSPS) is 18.0. The molecule has 0 radical (unpaired) electrons. The zero-order valence-corrected chi connectivity index (χ0v) is 17.8. The van der Waals surface area contributed by atoms with E-state index in [-0.39, 0.29) is 18.4 Å². The maximum absolute atomic E-state index is 12.7. The summed E-state index contributed by atoms with van der Waals surface area (Å²) in [5.41, 5.74) is 2.18. The standard InChI is InChI=1S/C20H26N2O4S2/c1-15-7-8-16(2)18(13-15)26-11-9-21-20(23)17-5-3-10-22(14-17)28(24,25)19-6-4-12-27-19/h4,6-8,12-13,17H,3,5,9-11,14H2,1-2H3,(H,21,23)/t17-/m1/s1. The van der Waals surface area contributed by atoms with E-state index in [1.165, 1.54) is 15.6 Å². The molecular formula is C20H26N2O4S2. The number of sulfonamides is 1. The maximum Gasteiger partial charge on any atom is 0.252 e. The number of aryl methyl sites for hydroxylation is 2. The molecule has 6 nitrogen and oxygen atoms in total. The van der Waals surface area contributed by atoms with Crippen molar-refractivity contribution in [3.8, 4) is 5.75 Å². The van der Waals surface area contributed by atoms with Crippen LogP contribution in [0, 0.1) is 19.8 Å². The fourth-order valence-electron chi connectivity index (χ4n) is 3.25. The van der Waals surface area contributed by atoms with Crippen LogP contribution in [0.4, 0.5) is 0 Å². The van der Waals surface area contributed by atoms with Crippen LogP contribution in [0.1, 0.15) is 24.0 Å². The molecule has 1 aromatic heterocycles. The fourth-order valence-corrected chi connectivity index (χ4v) is 5.92. The van der Waals surface area contributed by atoms with E-state index in [9.17, 15) is 13.2 Å². The number of rotatable bonds is 7. The van der Waals surface area contributed by atoms with Crippen molar-refractivity contribution in [3.05, 3.63) is 46.8 Å². The molecular weight excluding hydrogens is 396 g/mol. The molecule has 1 amide bonds. The Hall–Kier alpha value is -1.90. The van der Waals surface area contributed by atoms with E-state index in [2.05, 4.69) is 5.32 Å². The molecule has 0 unspecified atom stereocenters. The maximum atomic E-state index is 12.7. The van der Waals surface area contributed by atoms with Crippen LogP contribution in [0.5, 0.6) is 5.75 Å². The van der Waals surface area contributed by atoms with Gasteiger partial charge >= 0.3 is 0 Å². The first-order chi connectivity index (χ1) is 13.4. The zero-order chi connectivity index (χ0) is 20.1. The molecule has 2 heterocycles. The molecule has 0 aliphatic carbocycles. The van der Waals surface area contributed by atoms with Gasteiger partial charge in [0.05, 0.1) is 12.5 Å². The topological polar surface area (TPSA) is 75.7 Å². The fraction of sp³-hybridized carbons (Fsp3) is 0.450. The second-order valence-corrected chi connectivity index (χ2v) is 10.2. The number of hydrogen-bond acceptors (Lipinski definition) is 5. The average Bonchev–Trinajstić information content (AvgIpc) is 3.23. The molecule has 152 valence electrons. The Bertz CT molecular complexity index is 910. The third kappa shape index (κ3) is 4.92. The summed E-state index contributed by atoms with van der Waals surface area (Å²) in [7, 11) is -3.51. The minimum absolute atomic E-state index is 0.115. The number of nitrogens with one attached hydrogen (secondary N) is 1. The lowest BCUT2D eigenvalue weighted by molar-refractivity contribution is -0.126. The highest BCUT2D eigenvalue weighted by Crippen LogP contribution is 2.26. The Morgan fingerprint density at radius 2 is 2.14 bits per heavy atom. The molecule has 8 heteroatoms. The van der Waals surface area contributed by atoms with Crippen molar-refractivity contribution in [2.75, 3.05) is 26.2 Å². The Morgan fingerprint density at radius 1 is 1.32 bits per heavy atom. The Labute approximate surface area is 170 Å². The average molecular weight is 423 g/mol.